The second kappa shape index (κ2) is 5.19. The second-order valence-corrected chi connectivity index (χ2v) is 4.64. The van der Waals surface area contributed by atoms with Crippen molar-refractivity contribution in [3.8, 4) is 0 Å². The summed E-state index contributed by atoms with van der Waals surface area (Å²) in [6.07, 6.45) is -3.12. The highest BCUT2D eigenvalue weighted by molar-refractivity contribution is 5.91. The number of halogens is 3. The van der Waals surface area contributed by atoms with E-state index in [0.717, 1.165) is 10.7 Å². The third-order valence-corrected chi connectivity index (χ3v) is 2.76. The predicted molar refractivity (Wildman–Crippen MR) is 65.4 cm³/mol. The molecule has 0 aliphatic rings. The fraction of sp³-hybridized carbons (Fsp3) is 0.455. The molecule has 114 valence electrons. The Morgan fingerprint density at radius 1 is 1.38 bits per heavy atom. The quantitative estimate of drug-likeness (QED) is 0.840. The SMILES string of the molecule is CN(C)C(=O)c1cn(Cc2cc(C(F)(F)F)nn2C)nn1. The molecule has 1 amide bonds. The molecule has 10 heteroatoms. The van der Waals surface area contributed by atoms with Crippen molar-refractivity contribution in [3.63, 3.8) is 0 Å². The fourth-order valence-corrected chi connectivity index (χ4v) is 1.66. The van der Waals surface area contributed by atoms with Crippen molar-refractivity contribution in [1.29, 1.82) is 0 Å². The lowest BCUT2D eigenvalue weighted by atomic mass is 10.3. The summed E-state index contributed by atoms with van der Waals surface area (Å²) >= 11 is 0. The van der Waals surface area contributed by atoms with Gasteiger partial charge in [-0.1, -0.05) is 5.21 Å². The van der Waals surface area contributed by atoms with Crippen LogP contribution in [0.2, 0.25) is 0 Å². The molecule has 0 spiro atoms. The maximum atomic E-state index is 12.6. The first-order chi connectivity index (χ1) is 9.68. The molecule has 0 bridgehead atoms. The van der Waals surface area contributed by atoms with Gasteiger partial charge in [0.25, 0.3) is 5.91 Å². The summed E-state index contributed by atoms with van der Waals surface area (Å²) < 4.78 is 40.1. The van der Waals surface area contributed by atoms with Crippen molar-refractivity contribution in [3.05, 3.63) is 29.3 Å². The lowest BCUT2D eigenvalue weighted by Crippen LogP contribution is -2.22. The van der Waals surface area contributed by atoms with Gasteiger partial charge in [-0.05, 0) is 6.07 Å². The van der Waals surface area contributed by atoms with Crippen LogP contribution in [0.4, 0.5) is 13.2 Å². The van der Waals surface area contributed by atoms with Crippen molar-refractivity contribution in [2.24, 2.45) is 7.05 Å². The van der Waals surface area contributed by atoms with Crippen molar-refractivity contribution in [2.75, 3.05) is 14.1 Å². The van der Waals surface area contributed by atoms with E-state index in [1.165, 1.54) is 22.8 Å². The van der Waals surface area contributed by atoms with Gasteiger partial charge >= 0.3 is 6.18 Å². The van der Waals surface area contributed by atoms with E-state index in [1.807, 2.05) is 0 Å². The molecule has 0 saturated carbocycles. The van der Waals surface area contributed by atoms with Crippen LogP contribution in [0.3, 0.4) is 0 Å². The van der Waals surface area contributed by atoms with E-state index >= 15 is 0 Å². The average Bonchev–Trinajstić information content (AvgIpc) is 2.96. The highest BCUT2D eigenvalue weighted by Crippen LogP contribution is 2.28. The number of carbonyl (C=O) groups is 1. The minimum Gasteiger partial charge on any atom is -0.343 e. The summed E-state index contributed by atoms with van der Waals surface area (Å²) in [5.41, 5.74) is -0.543. The Hall–Kier alpha value is -2.39. The van der Waals surface area contributed by atoms with Gasteiger partial charge in [0.2, 0.25) is 0 Å². The molecule has 0 aliphatic carbocycles. The summed E-state index contributed by atoms with van der Waals surface area (Å²) in [6.45, 7) is 0.0350. The molecule has 0 unspecified atom stereocenters. The van der Waals surface area contributed by atoms with Crippen LogP contribution in [-0.2, 0) is 19.8 Å². The van der Waals surface area contributed by atoms with Gasteiger partial charge in [-0.25, -0.2) is 4.68 Å². The fourth-order valence-electron chi connectivity index (χ4n) is 1.66. The Bertz CT molecular complexity index is 657. The van der Waals surface area contributed by atoms with Gasteiger partial charge < -0.3 is 4.90 Å². The number of hydrogen-bond donors (Lipinski definition) is 0. The van der Waals surface area contributed by atoms with Gasteiger partial charge in [-0.15, -0.1) is 5.10 Å². The van der Waals surface area contributed by atoms with Gasteiger partial charge in [-0.3, -0.25) is 9.48 Å². The monoisotopic (exact) mass is 302 g/mol. The summed E-state index contributed by atoms with van der Waals surface area (Å²) in [4.78, 5) is 13.0. The zero-order chi connectivity index (χ0) is 15.8. The van der Waals surface area contributed by atoms with Crippen LogP contribution < -0.4 is 0 Å². The highest BCUT2D eigenvalue weighted by atomic mass is 19.4. The molecule has 0 aromatic carbocycles. The Morgan fingerprint density at radius 3 is 2.57 bits per heavy atom. The van der Waals surface area contributed by atoms with Crippen molar-refractivity contribution < 1.29 is 18.0 Å². The zero-order valence-corrected chi connectivity index (χ0v) is 11.6. The van der Waals surface area contributed by atoms with Crippen LogP contribution in [0.25, 0.3) is 0 Å². The van der Waals surface area contributed by atoms with Crippen LogP contribution in [0.5, 0.6) is 0 Å². The Labute approximate surface area is 117 Å². The van der Waals surface area contributed by atoms with Gasteiger partial charge in [-0.2, -0.15) is 18.3 Å². The van der Waals surface area contributed by atoms with E-state index in [4.69, 9.17) is 0 Å². The molecule has 7 nitrogen and oxygen atoms in total. The van der Waals surface area contributed by atoms with E-state index in [-0.39, 0.29) is 18.1 Å². The number of aryl methyl sites for hydroxylation is 1. The largest absolute Gasteiger partial charge is 0.435 e. The van der Waals surface area contributed by atoms with E-state index in [0.29, 0.717) is 5.69 Å². The summed E-state index contributed by atoms with van der Waals surface area (Å²) in [6, 6.07) is 0.940. The molecule has 2 aromatic heterocycles. The molecule has 0 N–H and O–H groups in total. The topological polar surface area (TPSA) is 68.8 Å². The molecule has 2 rings (SSSR count). The van der Waals surface area contributed by atoms with Crippen LogP contribution in [0.1, 0.15) is 21.9 Å². The van der Waals surface area contributed by atoms with Gasteiger partial charge in [0, 0.05) is 21.1 Å². The van der Waals surface area contributed by atoms with E-state index in [9.17, 15) is 18.0 Å². The first-order valence-corrected chi connectivity index (χ1v) is 5.90. The molecule has 0 atom stereocenters. The lowest BCUT2D eigenvalue weighted by molar-refractivity contribution is -0.141. The number of carbonyl (C=O) groups excluding carboxylic acids is 1. The third-order valence-electron chi connectivity index (χ3n) is 2.76. The number of aromatic nitrogens is 5. The maximum Gasteiger partial charge on any atom is 0.435 e. The summed E-state index contributed by atoms with van der Waals surface area (Å²) in [5, 5.41) is 10.8. The van der Waals surface area contributed by atoms with E-state index in [2.05, 4.69) is 15.4 Å². The minimum absolute atomic E-state index is 0.0350. The third kappa shape index (κ3) is 3.20. The highest BCUT2D eigenvalue weighted by Gasteiger charge is 2.34. The van der Waals surface area contributed by atoms with E-state index in [1.54, 1.807) is 14.1 Å². The number of nitrogens with zero attached hydrogens (tertiary/aromatic N) is 6. The van der Waals surface area contributed by atoms with Crippen molar-refractivity contribution in [2.45, 2.75) is 12.7 Å². The number of rotatable bonds is 3. The van der Waals surface area contributed by atoms with Crippen LogP contribution in [0, 0.1) is 0 Å². The summed E-state index contributed by atoms with van der Waals surface area (Å²) in [5.74, 6) is -0.331. The van der Waals surface area contributed by atoms with E-state index < -0.39 is 11.9 Å². The molecule has 0 saturated heterocycles. The van der Waals surface area contributed by atoms with Gasteiger partial charge in [0.05, 0.1) is 18.4 Å². The molecule has 2 heterocycles. The second-order valence-electron chi connectivity index (χ2n) is 4.64. The van der Waals surface area contributed by atoms with Gasteiger partial charge in [0.15, 0.2) is 11.4 Å². The van der Waals surface area contributed by atoms with Crippen molar-refractivity contribution in [1.82, 2.24) is 29.7 Å². The molecular weight excluding hydrogens is 289 g/mol. The number of alkyl halides is 3. The molecular formula is C11H13F3N6O. The molecule has 0 aliphatic heterocycles. The first-order valence-electron chi connectivity index (χ1n) is 5.90. The first kappa shape index (κ1) is 15.0. The van der Waals surface area contributed by atoms with Crippen LogP contribution >= 0.6 is 0 Å². The Balaban J connectivity index is 2.20. The Morgan fingerprint density at radius 2 is 2.05 bits per heavy atom. The molecule has 0 radical (unpaired) electrons. The average molecular weight is 302 g/mol. The van der Waals surface area contributed by atoms with Crippen LogP contribution in [0.15, 0.2) is 12.3 Å². The zero-order valence-electron chi connectivity index (χ0n) is 11.6. The Kier molecular flexibility index (Phi) is 3.71. The van der Waals surface area contributed by atoms with Crippen LogP contribution in [-0.4, -0.2) is 49.7 Å². The molecule has 21 heavy (non-hydrogen) atoms. The normalized spacial score (nSPS) is 11.7. The van der Waals surface area contributed by atoms with Crippen molar-refractivity contribution >= 4 is 5.91 Å². The smallest absolute Gasteiger partial charge is 0.343 e. The predicted octanol–water partition coefficient (Wildman–Crippen LogP) is 0.780. The minimum atomic E-state index is -4.50. The standard InChI is InChI=1S/C11H13F3N6O/c1-18(2)10(21)8-6-20(17-15-8)5-7-4-9(11(12,13)14)16-19(7)3/h4,6H,5H2,1-3H3. The number of hydrogen-bond acceptors (Lipinski definition) is 4. The lowest BCUT2D eigenvalue weighted by Gasteiger charge is -2.05. The maximum absolute atomic E-state index is 12.6. The molecule has 0 fully saturated rings. The number of amides is 1. The van der Waals surface area contributed by atoms with Gasteiger partial charge in [0.1, 0.15) is 0 Å². The molecule has 2 aromatic rings. The summed E-state index contributed by atoms with van der Waals surface area (Å²) in [7, 11) is 4.55.